The Hall–Kier alpha value is -1.26. The average molecular weight is 228 g/mol. The molecule has 0 aromatic carbocycles. The first-order valence-electron chi connectivity index (χ1n) is 5.60. The highest BCUT2D eigenvalue weighted by molar-refractivity contribution is 5.86. The summed E-state index contributed by atoms with van der Waals surface area (Å²) in [6, 6.07) is -0.336. The summed E-state index contributed by atoms with van der Waals surface area (Å²) in [5, 5.41) is 11.9. The van der Waals surface area contributed by atoms with E-state index in [0.29, 0.717) is 18.8 Å². The lowest BCUT2D eigenvalue weighted by molar-refractivity contribution is -0.146. The van der Waals surface area contributed by atoms with Gasteiger partial charge in [0.1, 0.15) is 5.54 Å². The van der Waals surface area contributed by atoms with Crippen LogP contribution in [0, 0.1) is 5.92 Å². The lowest BCUT2D eigenvalue weighted by Crippen LogP contribution is -2.58. The molecular weight excluding hydrogens is 208 g/mol. The number of hydrogen-bond donors (Lipinski definition) is 2. The maximum absolute atomic E-state index is 11.6. The van der Waals surface area contributed by atoms with E-state index in [1.807, 2.05) is 0 Å². The molecule has 1 rings (SSSR count). The number of carbonyl (C=O) groups is 2. The van der Waals surface area contributed by atoms with Crippen LogP contribution in [0.4, 0.5) is 4.79 Å². The summed E-state index contributed by atoms with van der Waals surface area (Å²) < 4.78 is 0. The van der Waals surface area contributed by atoms with Gasteiger partial charge in [-0.05, 0) is 31.6 Å². The Labute approximate surface area is 95.8 Å². The summed E-state index contributed by atoms with van der Waals surface area (Å²) in [7, 11) is 3.21. The first-order chi connectivity index (χ1) is 7.37. The molecule has 0 aliphatic heterocycles. The van der Waals surface area contributed by atoms with Gasteiger partial charge in [0.2, 0.25) is 0 Å². The topological polar surface area (TPSA) is 69.6 Å². The maximum Gasteiger partial charge on any atom is 0.329 e. The highest BCUT2D eigenvalue weighted by Crippen LogP contribution is 2.32. The van der Waals surface area contributed by atoms with E-state index in [1.165, 1.54) is 4.90 Å². The Balaban J connectivity index is 2.74. The molecule has 92 valence electrons. The van der Waals surface area contributed by atoms with Crippen LogP contribution in [0.15, 0.2) is 0 Å². The SMILES string of the molecule is CC1CCC(NC(=O)N(C)C)(C(=O)O)CC1. The minimum absolute atomic E-state index is 0.336. The first-order valence-corrected chi connectivity index (χ1v) is 5.60. The van der Waals surface area contributed by atoms with Crippen LogP contribution < -0.4 is 5.32 Å². The smallest absolute Gasteiger partial charge is 0.329 e. The molecule has 0 aromatic rings. The van der Waals surface area contributed by atoms with E-state index in [1.54, 1.807) is 14.1 Å². The van der Waals surface area contributed by atoms with Gasteiger partial charge in [-0.2, -0.15) is 0 Å². The van der Waals surface area contributed by atoms with Gasteiger partial charge in [0.15, 0.2) is 0 Å². The van der Waals surface area contributed by atoms with E-state index in [2.05, 4.69) is 12.2 Å². The molecule has 0 radical (unpaired) electrons. The molecule has 2 N–H and O–H groups in total. The summed E-state index contributed by atoms with van der Waals surface area (Å²) in [6.07, 6.45) is 2.73. The summed E-state index contributed by atoms with van der Waals surface area (Å²) in [5.74, 6) is -0.377. The third kappa shape index (κ3) is 2.65. The van der Waals surface area contributed by atoms with E-state index >= 15 is 0 Å². The predicted octanol–water partition coefficient (Wildman–Crippen LogP) is 1.29. The minimum Gasteiger partial charge on any atom is -0.480 e. The zero-order chi connectivity index (χ0) is 12.3. The van der Waals surface area contributed by atoms with Gasteiger partial charge >= 0.3 is 12.0 Å². The van der Waals surface area contributed by atoms with Gasteiger partial charge in [0, 0.05) is 14.1 Å². The molecule has 0 heterocycles. The van der Waals surface area contributed by atoms with Gasteiger partial charge in [-0.1, -0.05) is 6.92 Å². The quantitative estimate of drug-likeness (QED) is 0.748. The van der Waals surface area contributed by atoms with Gasteiger partial charge < -0.3 is 15.3 Å². The molecular formula is C11H20N2O3. The van der Waals surface area contributed by atoms with Crippen LogP contribution >= 0.6 is 0 Å². The predicted molar refractivity (Wildman–Crippen MR) is 60.2 cm³/mol. The molecule has 16 heavy (non-hydrogen) atoms. The van der Waals surface area contributed by atoms with Crippen molar-refractivity contribution in [1.82, 2.24) is 10.2 Å². The number of aliphatic carboxylic acids is 1. The second-order valence-corrected chi connectivity index (χ2v) is 4.89. The number of carboxylic acids is 1. The Morgan fingerprint density at radius 1 is 1.31 bits per heavy atom. The number of rotatable bonds is 2. The lowest BCUT2D eigenvalue weighted by Gasteiger charge is -2.37. The molecule has 1 aliphatic carbocycles. The van der Waals surface area contributed by atoms with Crippen molar-refractivity contribution < 1.29 is 14.7 Å². The molecule has 1 aliphatic rings. The Kier molecular flexibility index (Phi) is 3.78. The Morgan fingerprint density at radius 2 is 1.81 bits per heavy atom. The second-order valence-electron chi connectivity index (χ2n) is 4.89. The van der Waals surface area contributed by atoms with Crippen LogP contribution in [0.25, 0.3) is 0 Å². The first kappa shape index (κ1) is 12.8. The number of nitrogens with one attached hydrogen (secondary N) is 1. The van der Waals surface area contributed by atoms with Gasteiger partial charge in [-0.3, -0.25) is 0 Å². The fourth-order valence-electron chi connectivity index (χ4n) is 1.96. The van der Waals surface area contributed by atoms with Crippen molar-refractivity contribution in [2.24, 2.45) is 5.92 Å². The lowest BCUT2D eigenvalue weighted by atomic mass is 9.77. The van der Waals surface area contributed by atoms with Gasteiger partial charge in [-0.15, -0.1) is 0 Å². The summed E-state index contributed by atoms with van der Waals surface area (Å²) in [5.41, 5.74) is -1.06. The van der Waals surface area contributed by atoms with Crippen LogP contribution in [0.5, 0.6) is 0 Å². The monoisotopic (exact) mass is 228 g/mol. The number of nitrogens with zero attached hydrogens (tertiary/aromatic N) is 1. The zero-order valence-corrected chi connectivity index (χ0v) is 10.1. The summed E-state index contributed by atoms with van der Waals surface area (Å²) in [6.45, 7) is 2.11. The minimum atomic E-state index is -1.06. The molecule has 5 nitrogen and oxygen atoms in total. The van der Waals surface area contributed by atoms with Crippen molar-refractivity contribution in [2.75, 3.05) is 14.1 Å². The second kappa shape index (κ2) is 4.72. The molecule has 1 saturated carbocycles. The van der Waals surface area contributed by atoms with E-state index in [4.69, 9.17) is 0 Å². The molecule has 0 aromatic heterocycles. The van der Waals surface area contributed by atoms with Crippen LogP contribution in [0.3, 0.4) is 0 Å². The Morgan fingerprint density at radius 3 is 2.19 bits per heavy atom. The van der Waals surface area contributed by atoms with Gasteiger partial charge in [0.05, 0.1) is 0 Å². The zero-order valence-electron chi connectivity index (χ0n) is 10.1. The maximum atomic E-state index is 11.6. The fraction of sp³-hybridized carbons (Fsp3) is 0.818. The van der Waals surface area contributed by atoms with Crippen LogP contribution in [0.1, 0.15) is 32.6 Å². The van der Waals surface area contributed by atoms with Crippen molar-refractivity contribution in [3.63, 3.8) is 0 Å². The van der Waals surface area contributed by atoms with E-state index < -0.39 is 11.5 Å². The van der Waals surface area contributed by atoms with E-state index in [-0.39, 0.29) is 6.03 Å². The molecule has 0 atom stereocenters. The van der Waals surface area contributed by atoms with E-state index in [0.717, 1.165) is 12.8 Å². The highest BCUT2D eigenvalue weighted by Gasteiger charge is 2.42. The largest absolute Gasteiger partial charge is 0.480 e. The van der Waals surface area contributed by atoms with Crippen LogP contribution in [0.2, 0.25) is 0 Å². The summed E-state index contributed by atoms with van der Waals surface area (Å²) >= 11 is 0. The standard InChI is InChI=1S/C11H20N2O3/c1-8-4-6-11(7-5-8,9(14)15)12-10(16)13(2)3/h8H,4-7H2,1-3H3,(H,12,16)(H,14,15). The van der Waals surface area contributed by atoms with Crippen molar-refractivity contribution in [3.8, 4) is 0 Å². The highest BCUT2D eigenvalue weighted by atomic mass is 16.4. The third-order valence-corrected chi connectivity index (χ3v) is 3.29. The van der Waals surface area contributed by atoms with Crippen molar-refractivity contribution in [3.05, 3.63) is 0 Å². The fourth-order valence-corrected chi connectivity index (χ4v) is 1.96. The molecule has 0 bridgehead atoms. The number of urea groups is 1. The number of amides is 2. The molecule has 0 saturated heterocycles. The third-order valence-electron chi connectivity index (χ3n) is 3.29. The Bertz CT molecular complexity index is 281. The van der Waals surface area contributed by atoms with Gasteiger partial charge in [0.25, 0.3) is 0 Å². The number of hydrogen-bond acceptors (Lipinski definition) is 2. The van der Waals surface area contributed by atoms with Crippen LogP contribution in [-0.2, 0) is 4.79 Å². The molecule has 2 amide bonds. The van der Waals surface area contributed by atoms with E-state index in [9.17, 15) is 14.7 Å². The average Bonchev–Trinajstić information content (AvgIpc) is 2.21. The molecule has 0 unspecified atom stereocenters. The van der Waals surface area contributed by atoms with Gasteiger partial charge in [-0.25, -0.2) is 9.59 Å². The summed E-state index contributed by atoms with van der Waals surface area (Å²) in [4.78, 5) is 24.2. The normalized spacial score (nSPS) is 29.6. The number of carboxylic acid groups (broad SMARTS) is 1. The van der Waals surface area contributed by atoms with Crippen molar-refractivity contribution >= 4 is 12.0 Å². The van der Waals surface area contributed by atoms with Crippen molar-refractivity contribution in [2.45, 2.75) is 38.1 Å². The number of carbonyl (C=O) groups excluding carboxylic acids is 1. The van der Waals surface area contributed by atoms with Crippen LogP contribution in [-0.4, -0.2) is 41.6 Å². The van der Waals surface area contributed by atoms with Crippen molar-refractivity contribution in [1.29, 1.82) is 0 Å². The molecule has 1 fully saturated rings. The molecule has 0 spiro atoms. The molecule has 5 heteroatoms.